The van der Waals surface area contributed by atoms with Crippen molar-refractivity contribution in [3.63, 3.8) is 0 Å². The van der Waals surface area contributed by atoms with Crippen molar-refractivity contribution in [3.8, 4) is 17.1 Å². The van der Waals surface area contributed by atoms with Crippen LogP contribution in [0.25, 0.3) is 17.2 Å². The van der Waals surface area contributed by atoms with Gasteiger partial charge in [0.25, 0.3) is 5.56 Å². The van der Waals surface area contributed by atoms with Crippen LogP contribution in [0.5, 0.6) is 5.75 Å². The third-order valence-electron chi connectivity index (χ3n) is 7.03. The first-order chi connectivity index (χ1) is 17.9. The van der Waals surface area contributed by atoms with Gasteiger partial charge in [-0.1, -0.05) is 23.7 Å². The van der Waals surface area contributed by atoms with E-state index in [1.54, 1.807) is 19.2 Å². The Balaban J connectivity index is 1.29. The molecule has 1 aliphatic rings. The topological polar surface area (TPSA) is 85.0 Å². The summed E-state index contributed by atoms with van der Waals surface area (Å²) in [5, 5.41) is 5.08. The predicted octanol–water partition coefficient (Wildman–Crippen LogP) is 3.35. The fraction of sp³-hybridized carbons (Fsp3) is 0.333. The molecule has 3 heterocycles. The molecule has 9 nitrogen and oxygen atoms in total. The van der Waals surface area contributed by atoms with Crippen molar-refractivity contribution < 1.29 is 9.53 Å². The molecule has 0 bridgehead atoms. The molecule has 2 aromatic heterocycles. The summed E-state index contributed by atoms with van der Waals surface area (Å²) in [6, 6.07) is 15.1. The van der Waals surface area contributed by atoms with E-state index < -0.39 is 0 Å². The highest BCUT2D eigenvalue weighted by molar-refractivity contribution is 6.30. The lowest BCUT2D eigenvalue weighted by molar-refractivity contribution is -0.131. The number of para-hydroxylation sites is 2. The molecule has 4 aromatic rings. The van der Waals surface area contributed by atoms with Crippen LogP contribution < -0.4 is 15.2 Å². The Bertz CT molecular complexity index is 1500. The molecule has 1 aliphatic heterocycles. The second-order valence-electron chi connectivity index (χ2n) is 9.12. The van der Waals surface area contributed by atoms with E-state index in [0.717, 1.165) is 35.8 Å². The van der Waals surface area contributed by atoms with Crippen molar-refractivity contribution in [2.45, 2.75) is 19.8 Å². The lowest BCUT2D eigenvalue weighted by Crippen LogP contribution is -2.49. The number of ether oxygens (including phenoxy) is 1. The Hall–Kier alpha value is -3.85. The summed E-state index contributed by atoms with van der Waals surface area (Å²) in [6.07, 6.45) is 0.602. The van der Waals surface area contributed by atoms with E-state index in [2.05, 4.69) is 15.0 Å². The quantitative estimate of drug-likeness (QED) is 0.387. The molecule has 0 N–H and O–H groups in total. The van der Waals surface area contributed by atoms with Crippen LogP contribution in [0.3, 0.4) is 0 Å². The minimum Gasteiger partial charge on any atom is -0.495 e. The van der Waals surface area contributed by atoms with Crippen LogP contribution in [0.2, 0.25) is 5.02 Å². The second-order valence-corrected chi connectivity index (χ2v) is 9.56. The van der Waals surface area contributed by atoms with Gasteiger partial charge in [0.05, 0.1) is 12.8 Å². The number of aromatic nitrogens is 4. The Morgan fingerprint density at radius 3 is 2.46 bits per heavy atom. The summed E-state index contributed by atoms with van der Waals surface area (Å²) < 4.78 is 8.65. The standard InChI is InChI=1S/C27H29ClN6O3/c1-18-21(26(36)34-27(31(18)2)29-25(30-34)19-8-10-20(28)11-9-19)12-13-24(35)33-16-14-32(15-17-33)22-6-4-5-7-23(22)37-3/h4-11H,12-17H2,1-3H3. The normalized spacial score (nSPS) is 13.8. The Labute approximate surface area is 219 Å². The summed E-state index contributed by atoms with van der Waals surface area (Å²) >= 11 is 6.00. The number of rotatable bonds is 6. The molecule has 1 fully saturated rings. The molecule has 1 amide bonds. The maximum atomic E-state index is 13.3. The van der Waals surface area contributed by atoms with Crippen LogP contribution in [0, 0.1) is 6.92 Å². The fourth-order valence-corrected chi connectivity index (χ4v) is 4.91. The SMILES string of the molecule is COc1ccccc1N1CCN(C(=O)CCc2c(C)n(C)c3nc(-c4ccc(Cl)cc4)nn3c2=O)CC1. The molecule has 10 heteroatoms. The van der Waals surface area contributed by atoms with Gasteiger partial charge in [-0.15, -0.1) is 5.10 Å². The first-order valence-electron chi connectivity index (χ1n) is 12.2. The van der Waals surface area contributed by atoms with Gasteiger partial charge in [0.2, 0.25) is 11.7 Å². The van der Waals surface area contributed by atoms with Gasteiger partial charge < -0.3 is 19.1 Å². The molecule has 0 saturated carbocycles. The number of halogens is 1. The molecule has 0 radical (unpaired) electrons. The number of methoxy groups -OCH3 is 1. The average Bonchev–Trinajstić information content (AvgIpc) is 3.38. The minimum atomic E-state index is -0.243. The maximum absolute atomic E-state index is 13.3. The van der Waals surface area contributed by atoms with Crippen molar-refractivity contribution >= 4 is 29.0 Å². The van der Waals surface area contributed by atoms with E-state index in [9.17, 15) is 9.59 Å². The van der Waals surface area contributed by atoms with Gasteiger partial charge in [-0.25, -0.2) is 0 Å². The molecular formula is C27H29ClN6O3. The number of aryl methyl sites for hydroxylation is 1. The molecule has 1 saturated heterocycles. The molecule has 0 aliphatic carbocycles. The van der Waals surface area contributed by atoms with Crippen molar-refractivity contribution in [2.75, 3.05) is 38.2 Å². The van der Waals surface area contributed by atoms with Gasteiger partial charge in [-0.05, 0) is 49.7 Å². The summed E-state index contributed by atoms with van der Waals surface area (Å²) in [7, 11) is 3.52. The van der Waals surface area contributed by atoms with Crippen LogP contribution in [0.4, 0.5) is 5.69 Å². The number of nitrogens with zero attached hydrogens (tertiary/aromatic N) is 6. The molecular weight excluding hydrogens is 492 g/mol. The van der Waals surface area contributed by atoms with Crippen molar-refractivity contribution in [2.24, 2.45) is 7.05 Å². The molecule has 192 valence electrons. The van der Waals surface area contributed by atoms with Gasteiger partial charge in [-0.2, -0.15) is 9.50 Å². The zero-order valence-electron chi connectivity index (χ0n) is 21.1. The summed E-state index contributed by atoms with van der Waals surface area (Å²) in [4.78, 5) is 35.1. The molecule has 37 heavy (non-hydrogen) atoms. The largest absolute Gasteiger partial charge is 0.495 e. The number of anilines is 1. The number of amides is 1. The number of carbonyl (C=O) groups is 1. The van der Waals surface area contributed by atoms with Crippen LogP contribution >= 0.6 is 11.6 Å². The van der Waals surface area contributed by atoms with Crippen LogP contribution in [-0.2, 0) is 18.3 Å². The van der Waals surface area contributed by atoms with Gasteiger partial charge in [0, 0.05) is 61.5 Å². The molecule has 2 aromatic carbocycles. The molecule has 0 unspecified atom stereocenters. The Morgan fingerprint density at radius 2 is 1.76 bits per heavy atom. The molecule has 5 rings (SSSR count). The first kappa shape index (κ1) is 24.8. The van der Waals surface area contributed by atoms with Gasteiger partial charge in [0.1, 0.15) is 5.75 Å². The number of piperazine rings is 1. The number of carbonyl (C=O) groups excluding carboxylic acids is 1. The number of benzene rings is 2. The van der Waals surface area contributed by atoms with Crippen LogP contribution in [-0.4, -0.2) is 63.3 Å². The van der Waals surface area contributed by atoms with E-state index in [0.29, 0.717) is 41.7 Å². The van der Waals surface area contributed by atoms with Crippen molar-refractivity contribution in [1.29, 1.82) is 0 Å². The van der Waals surface area contributed by atoms with E-state index in [1.807, 2.05) is 59.8 Å². The van der Waals surface area contributed by atoms with Gasteiger partial charge in [0.15, 0.2) is 5.82 Å². The zero-order chi connectivity index (χ0) is 26.1. The van der Waals surface area contributed by atoms with E-state index in [1.165, 1.54) is 4.52 Å². The minimum absolute atomic E-state index is 0.0432. The van der Waals surface area contributed by atoms with Crippen LogP contribution in [0.1, 0.15) is 17.7 Å². The smallest absolute Gasteiger partial charge is 0.279 e. The lowest BCUT2D eigenvalue weighted by Gasteiger charge is -2.36. The summed E-state index contributed by atoms with van der Waals surface area (Å²) in [5.41, 5.74) is 2.92. The van der Waals surface area contributed by atoms with E-state index in [-0.39, 0.29) is 17.9 Å². The highest BCUT2D eigenvalue weighted by Gasteiger charge is 2.24. The van der Waals surface area contributed by atoms with Gasteiger partial charge in [-0.3, -0.25) is 9.59 Å². The average molecular weight is 521 g/mol. The lowest BCUT2D eigenvalue weighted by atomic mass is 10.1. The third kappa shape index (κ3) is 4.79. The van der Waals surface area contributed by atoms with Crippen LogP contribution in [0.15, 0.2) is 53.3 Å². The highest BCUT2D eigenvalue weighted by Crippen LogP contribution is 2.28. The van der Waals surface area contributed by atoms with Crippen molar-refractivity contribution in [1.82, 2.24) is 24.1 Å². The van der Waals surface area contributed by atoms with Crippen molar-refractivity contribution in [3.05, 3.63) is 75.2 Å². The third-order valence-corrected chi connectivity index (χ3v) is 7.28. The molecule has 0 atom stereocenters. The highest BCUT2D eigenvalue weighted by atomic mass is 35.5. The number of hydrogen-bond donors (Lipinski definition) is 0. The summed E-state index contributed by atoms with van der Waals surface area (Å²) in [6.45, 7) is 4.58. The molecule has 0 spiro atoms. The predicted molar refractivity (Wildman–Crippen MR) is 144 cm³/mol. The monoisotopic (exact) mass is 520 g/mol. The maximum Gasteiger partial charge on any atom is 0.279 e. The zero-order valence-corrected chi connectivity index (χ0v) is 21.9. The summed E-state index contributed by atoms with van der Waals surface area (Å²) in [5.74, 6) is 1.78. The number of fused-ring (bicyclic) bond motifs is 1. The van der Waals surface area contributed by atoms with Gasteiger partial charge >= 0.3 is 0 Å². The first-order valence-corrected chi connectivity index (χ1v) is 12.6. The number of hydrogen-bond acceptors (Lipinski definition) is 6. The Kier molecular flexibility index (Phi) is 6.88. The Morgan fingerprint density at radius 1 is 1.05 bits per heavy atom. The fourth-order valence-electron chi connectivity index (χ4n) is 4.78. The van der Waals surface area contributed by atoms with E-state index in [4.69, 9.17) is 16.3 Å². The second kappa shape index (κ2) is 10.3. The van der Waals surface area contributed by atoms with E-state index >= 15 is 0 Å².